The highest BCUT2D eigenvalue weighted by atomic mass is 79.9. The number of hydrogen-bond acceptors (Lipinski definition) is 2. The maximum absolute atomic E-state index is 5.73. The van der Waals surface area contributed by atoms with E-state index in [2.05, 4.69) is 20.9 Å². The van der Waals surface area contributed by atoms with Crippen LogP contribution in [0.5, 0.6) is 0 Å². The second-order valence-corrected chi connectivity index (χ2v) is 3.36. The van der Waals surface area contributed by atoms with Crippen LogP contribution in [0.15, 0.2) is 16.9 Å². The van der Waals surface area contributed by atoms with Crippen LogP contribution in [0.2, 0.25) is 0 Å². The molecule has 0 aliphatic carbocycles. The highest BCUT2D eigenvalue weighted by molar-refractivity contribution is 9.10. The molecule has 0 aromatic carbocycles. The molecule has 1 aromatic heterocycles. The van der Waals surface area contributed by atoms with Gasteiger partial charge in [-0.15, -0.1) is 0 Å². The Balaban J connectivity index is 3.12. The zero-order valence-electron chi connectivity index (χ0n) is 7.04. The summed E-state index contributed by atoms with van der Waals surface area (Å²) in [5.41, 5.74) is 1.60. The summed E-state index contributed by atoms with van der Waals surface area (Å²) in [4.78, 5) is 3.93. The van der Waals surface area contributed by atoms with E-state index in [0.29, 0.717) is 5.46 Å². The Labute approximate surface area is 81.9 Å². The van der Waals surface area contributed by atoms with Gasteiger partial charge in [0.1, 0.15) is 7.85 Å². The minimum Gasteiger partial charge on any atom is -0.377 e. The third-order valence-electron chi connectivity index (χ3n) is 1.73. The predicted molar refractivity (Wildman–Crippen MR) is 52.7 cm³/mol. The summed E-state index contributed by atoms with van der Waals surface area (Å²) in [6.07, 6.45) is 3.32. The summed E-state index contributed by atoms with van der Waals surface area (Å²) in [6, 6.07) is 0. The van der Waals surface area contributed by atoms with Crippen molar-refractivity contribution in [3.8, 4) is 0 Å². The van der Waals surface area contributed by atoms with E-state index in [1.165, 1.54) is 0 Å². The summed E-state index contributed by atoms with van der Waals surface area (Å²) in [5.74, 6) is 0. The van der Waals surface area contributed by atoms with E-state index in [0.717, 1.165) is 10.0 Å². The lowest BCUT2D eigenvalue weighted by molar-refractivity contribution is 0.120. The fourth-order valence-corrected chi connectivity index (χ4v) is 1.68. The molecule has 1 atom stereocenters. The van der Waals surface area contributed by atoms with Gasteiger partial charge < -0.3 is 4.74 Å². The van der Waals surface area contributed by atoms with Gasteiger partial charge in [-0.2, -0.15) is 0 Å². The van der Waals surface area contributed by atoms with E-state index in [-0.39, 0.29) is 6.10 Å². The smallest absolute Gasteiger partial charge is 0.116 e. The van der Waals surface area contributed by atoms with E-state index >= 15 is 0 Å². The molecule has 1 rings (SSSR count). The normalized spacial score (nSPS) is 12.9. The number of hydrogen-bond donors (Lipinski definition) is 0. The van der Waals surface area contributed by atoms with Gasteiger partial charge >= 0.3 is 0 Å². The van der Waals surface area contributed by atoms with Crippen molar-refractivity contribution in [3.05, 3.63) is 22.4 Å². The molecular weight excluding hydrogens is 217 g/mol. The maximum atomic E-state index is 5.73. The molecule has 1 aromatic rings. The lowest BCUT2D eigenvalue weighted by atomic mass is 9.90. The van der Waals surface area contributed by atoms with Crippen LogP contribution in [0, 0.1) is 0 Å². The summed E-state index contributed by atoms with van der Waals surface area (Å²) in [6.45, 7) is 1.94. The summed E-state index contributed by atoms with van der Waals surface area (Å²) in [5, 5.41) is 0. The van der Waals surface area contributed by atoms with Gasteiger partial charge in [-0.25, -0.2) is 0 Å². The van der Waals surface area contributed by atoms with Crippen molar-refractivity contribution in [2.75, 3.05) is 7.11 Å². The number of methoxy groups -OCH3 is 1. The summed E-state index contributed by atoms with van der Waals surface area (Å²) >= 11 is 3.37. The fourth-order valence-electron chi connectivity index (χ4n) is 1.01. The molecule has 1 unspecified atom stereocenters. The number of aromatic nitrogens is 1. The molecule has 0 spiro atoms. The molecule has 0 amide bonds. The van der Waals surface area contributed by atoms with E-state index in [4.69, 9.17) is 12.6 Å². The van der Waals surface area contributed by atoms with E-state index in [9.17, 15) is 0 Å². The van der Waals surface area contributed by atoms with Gasteiger partial charge in [0.15, 0.2) is 0 Å². The van der Waals surface area contributed by atoms with E-state index in [1.54, 1.807) is 19.5 Å². The molecule has 0 bridgehead atoms. The minimum atomic E-state index is -0.0117. The van der Waals surface area contributed by atoms with Gasteiger partial charge in [0, 0.05) is 24.0 Å². The first kappa shape index (κ1) is 9.74. The van der Waals surface area contributed by atoms with Gasteiger partial charge in [0.25, 0.3) is 0 Å². The highest BCUT2D eigenvalue weighted by Crippen LogP contribution is 2.21. The van der Waals surface area contributed by atoms with Crippen molar-refractivity contribution in [2.45, 2.75) is 13.0 Å². The van der Waals surface area contributed by atoms with Crippen LogP contribution in [0.1, 0.15) is 18.6 Å². The van der Waals surface area contributed by atoms with Crippen LogP contribution < -0.4 is 5.46 Å². The zero-order valence-corrected chi connectivity index (χ0v) is 8.63. The van der Waals surface area contributed by atoms with Crippen molar-refractivity contribution in [1.82, 2.24) is 4.98 Å². The van der Waals surface area contributed by atoms with E-state index < -0.39 is 0 Å². The third-order valence-corrected chi connectivity index (χ3v) is 2.36. The van der Waals surface area contributed by atoms with Crippen molar-refractivity contribution in [1.29, 1.82) is 0 Å². The molecular formula is C8H9BBrNO. The second-order valence-electron chi connectivity index (χ2n) is 2.50. The van der Waals surface area contributed by atoms with Crippen LogP contribution in [0.4, 0.5) is 0 Å². The Bertz CT molecular complexity index is 260. The molecule has 1 heterocycles. The molecule has 0 saturated heterocycles. The number of ether oxygens (including phenoxy) is 1. The standard InChI is InChI=1S/C8H9BBrNO/c1-5(12-2)8-6(9)3-11-4-7(8)10/h3-5H,1-2H3. The quantitative estimate of drug-likeness (QED) is 0.710. The topological polar surface area (TPSA) is 22.1 Å². The van der Waals surface area contributed by atoms with Crippen LogP contribution in [-0.4, -0.2) is 19.9 Å². The fraction of sp³-hybridized carbons (Fsp3) is 0.375. The average Bonchev–Trinajstić information content (AvgIpc) is 2.03. The first-order chi connectivity index (χ1) is 5.66. The van der Waals surface area contributed by atoms with Crippen molar-refractivity contribution in [3.63, 3.8) is 0 Å². The van der Waals surface area contributed by atoms with Gasteiger partial charge in [-0.1, -0.05) is 5.46 Å². The Hall–Kier alpha value is -0.345. The lowest BCUT2D eigenvalue weighted by Gasteiger charge is -2.14. The number of rotatable bonds is 2. The molecule has 0 aliphatic rings. The van der Waals surface area contributed by atoms with Gasteiger partial charge in [-0.05, 0) is 28.4 Å². The van der Waals surface area contributed by atoms with Gasteiger partial charge in [0.05, 0.1) is 6.10 Å². The van der Waals surface area contributed by atoms with Crippen molar-refractivity contribution in [2.24, 2.45) is 0 Å². The number of nitrogens with zero attached hydrogens (tertiary/aromatic N) is 1. The van der Waals surface area contributed by atoms with Crippen LogP contribution in [0.25, 0.3) is 0 Å². The summed E-state index contributed by atoms with van der Waals surface area (Å²) < 4.78 is 6.05. The molecule has 0 saturated carbocycles. The highest BCUT2D eigenvalue weighted by Gasteiger charge is 2.10. The molecule has 0 N–H and O–H groups in total. The third kappa shape index (κ3) is 1.87. The molecule has 62 valence electrons. The second kappa shape index (κ2) is 4.05. The van der Waals surface area contributed by atoms with Crippen LogP contribution >= 0.6 is 15.9 Å². The van der Waals surface area contributed by atoms with E-state index in [1.807, 2.05) is 6.92 Å². The molecule has 2 nitrogen and oxygen atoms in total. The van der Waals surface area contributed by atoms with Crippen LogP contribution in [0.3, 0.4) is 0 Å². The van der Waals surface area contributed by atoms with Crippen LogP contribution in [-0.2, 0) is 4.74 Å². The Morgan fingerprint density at radius 2 is 2.25 bits per heavy atom. The molecule has 0 fully saturated rings. The van der Waals surface area contributed by atoms with Gasteiger partial charge in [-0.3, -0.25) is 4.98 Å². The molecule has 12 heavy (non-hydrogen) atoms. The van der Waals surface area contributed by atoms with Crippen molar-refractivity contribution >= 4 is 29.2 Å². The van der Waals surface area contributed by atoms with Crippen molar-refractivity contribution < 1.29 is 4.74 Å². The number of pyridine rings is 1. The predicted octanol–water partition coefficient (Wildman–Crippen LogP) is 1.35. The maximum Gasteiger partial charge on any atom is 0.116 e. The first-order valence-corrected chi connectivity index (χ1v) is 4.37. The Kier molecular flexibility index (Phi) is 3.29. The molecule has 4 heteroatoms. The monoisotopic (exact) mass is 225 g/mol. The molecule has 0 aliphatic heterocycles. The lowest BCUT2D eigenvalue weighted by Crippen LogP contribution is -2.15. The zero-order chi connectivity index (χ0) is 9.14. The Morgan fingerprint density at radius 3 is 2.75 bits per heavy atom. The van der Waals surface area contributed by atoms with Gasteiger partial charge in [0.2, 0.25) is 0 Å². The first-order valence-electron chi connectivity index (χ1n) is 3.58. The SMILES string of the molecule is [B]c1cncc(Br)c1C(C)OC. The average molecular weight is 226 g/mol. The number of halogens is 1. The largest absolute Gasteiger partial charge is 0.377 e. The minimum absolute atomic E-state index is 0.0117. The summed E-state index contributed by atoms with van der Waals surface area (Å²) in [7, 11) is 7.38. The molecule has 2 radical (unpaired) electrons. The Morgan fingerprint density at radius 1 is 1.58 bits per heavy atom.